The van der Waals surface area contributed by atoms with Gasteiger partial charge in [0.2, 0.25) is 23.1 Å². The molecular formula is C11H17ClN6O. The summed E-state index contributed by atoms with van der Waals surface area (Å²) in [6, 6.07) is -0.373. The van der Waals surface area contributed by atoms with Crippen LogP contribution in [0.5, 0.6) is 0 Å². The number of anilines is 2. The van der Waals surface area contributed by atoms with Crippen molar-refractivity contribution in [3.05, 3.63) is 5.28 Å². The number of piperidine rings is 1. The Morgan fingerprint density at radius 3 is 2.95 bits per heavy atom. The third-order valence-corrected chi connectivity index (χ3v) is 3.19. The summed E-state index contributed by atoms with van der Waals surface area (Å²) in [6.45, 7) is 3.31. The Hall–Kier alpha value is -1.63. The van der Waals surface area contributed by atoms with Crippen LogP contribution in [0.3, 0.4) is 0 Å². The van der Waals surface area contributed by atoms with Crippen molar-refractivity contribution >= 4 is 29.4 Å². The lowest BCUT2D eigenvalue weighted by Crippen LogP contribution is -2.48. The number of aromatic nitrogens is 3. The summed E-state index contributed by atoms with van der Waals surface area (Å²) in [5.41, 5.74) is 5.43. The third-order valence-electron chi connectivity index (χ3n) is 3.02. The topological polar surface area (TPSA) is 97.0 Å². The first kappa shape index (κ1) is 13.8. The van der Waals surface area contributed by atoms with E-state index in [9.17, 15) is 4.79 Å². The number of primary amides is 1. The molecule has 1 aliphatic rings. The van der Waals surface area contributed by atoms with Crippen LogP contribution in [0, 0.1) is 0 Å². The lowest BCUT2D eigenvalue weighted by Gasteiger charge is -2.33. The number of carbonyl (C=O) groups is 1. The van der Waals surface area contributed by atoms with Crippen LogP contribution in [0.4, 0.5) is 11.9 Å². The number of halogens is 1. The van der Waals surface area contributed by atoms with Gasteiger partial charge in [0.15, 0.2) is 0 Å². The minimum atomic E-state index is -0.373. The van der Waals surface area contributed by atoms with Gasteiger partial charge in [0.05, 0.1) is 0 Å². The third kappa shape index (κ3) is 3.23. The Kier molecular flexibility index (Phi) is 4.36. The zero-order valence-corrected chi connectivity index (χ0v) is 11.5. The van der Waals surface area contributed by atoms with Crippen LogP contribution in [0.15, 0.2) is 0 Å². The molecule has 1 saturated heterocycles. The molecule has 2 rings (SSSR count). The summed E-state index contributed by atoms with van der Waals surface area (Å²) in [7, 11) is 0. The number of carbonyl (C=O) groups excluding carboxylic acids is 1. The van der Waals surface area contributed by atoms with E-state index < -0.39 is 0 Å². The fourth-order valence-corrected chi connectivity index (χ4v) is 2.33. The number of nitrogens with two attached hydrogens (primary N) is 1. The van der Waals surface area contributed by atoms with Gasteiger partial charge in [0, 0.05) is 13.1 Å². The van der Waals surface area contributed by atoms with Gasteiger partial charge in [-0.1, -0.05) is 0 Å². The van der Waals surface area contributed by atoms with E-state index >= 15 is 0 Å². The van der Waals surface area contributed by atoms with Gasteiger partial charge in [0.1, 0.15) is 6.04 Å². The number of nitrogens with one attached hydrogen (secondary N) is 1. The summed E-state index contributed by atoms with van der Waals surface area (Å²) in [5.74, 6) is 0.451. The molecule has 2 heterocycles. The first-order chi connectivity index (χ1) is 9.11. The molecule has 7 nitrogen and oxygen atoms in total. The van der Waals surface area contributed by atoms with E-state index in [0.29, 0.717) is 25.0 Å². The lowest BCUT2D eigenvalue weighted by atomic mass is 10.0. The van der Waals surface area contributed by atoms with Crippen LogP contribution in [0.25, 0.3) is 0 Å². The SMILES string of the molecule is CCNc1nc(Cl)nc(N2CCCCC2C(N)=O)n1. The van der Waals surface area contributed by atoms with Crippen molar-refractivity contribution in [3.8, 4) is 0 Å². The lowest BCUT2D eigenvalue weighted by molar-refractivity contribution is -0.119. The van der Waals surface area contributed by atoms with Gasteiger partial charge in [0.25, 0.3) is 0 Å². The molecule has 0 radical (unpaired) electrons. The molecule has 1 aliphatic heterocycles. The second-order valence-corrected chi connectivity index (χ2v) is 4.70. The van der Waals surface area contributed by atoms with E-state index in [1.54, 1.807) is 4.90 Å². The molecule has 19 heavy (non-hydrogen) atoms. The van der Waals surface area contributed by atoms with Crippen LogP contribution in [0.2, 0.25) is 5.28 Å². The molecule has 0 spiro atoms. The number of hydrogen-bond acceptors (Lipinski definition) is 6. The second kappa shape index (κ2) is 6.01. The molecule has 1 aromatic rings. The minimum Gasteiger partial charge on any atom is -0.368 e. The Morgan fingerprint density at radius 1 is 1.47 bits per heavy atom. The molecular weight excluding hydrogens is 268 g/mol. The van der Waals surface area contributed by atoms with Crippen molar-refractivity contribution in [1.82, 2.24) is 15.0 Å². The predicted molar refractivity (Wildman–Crippen MR) is 73.2 cm³/mol. The van der Waals surface area contributed by atoms with Crippen LogP contribution in [0.1, 0.15) is 26.2 Å². The number of nitrogens with zero attached hydrogens (tertiary/aromatic N) is 4. The van der Waals surface area contributed by atoms with Gasteiger partial charge in [-0.15, -0.1) is 0 Å². The molecule has 0 bridgehead atoms. The van der Waals surface area contributed by atoms with Crippen LogP contribution in [-0.2, 0) is 4.79 Å². The van der Waals surface area contributed by atoms with Crippen molar-refractivity contribution in [2.75, 3.05) is 23.3 Å². The Labute approximate surface area is 116 Å². The minimum absolute atomic E-state index is 0.106. The van der Waals surface area contributed by atoms with Gasteiger partial charge < -0.3 is 16.0 Å². The highest BCUT2D eigenvalue weighted by Crippen LogP contribution is 2.23. The van der Waals surface area contributed by atoms with E-state index in [1.807, 2.05) is 6.92 Å². The Morgan fingerprint density at radius 2 is 2.26 bits per heavy atom. The molecule has 0 saturated carbocycles. The van der Waals surface area contributed by atoms with Crippen molar-refractivity contribution < 1.29 is 4.79 Å². The zero-order chi connectivity index (χ0) is 13.8. The molecule has 1 unspecified atom stereocenters. The smallest absolute Gasteiger partial charge is 0.240 e. The normalized spacial score (nSPS) is 19.3. The molecule has 1 fully saturated rings. The van der Waals surface area contributed by atoms with Crippen molar-refractivity contribution in [2.45, 2.75) is 32.2 Å². The van der Waals surface area contributed by atoms with Crippen LogP contribution < -0.4 is 16.0 Å². The number of hydrogen-bond donors (Lipinski definition) is 2. The number of amides is 1. The monoisotopic (exact) mass is 284 g/mol. The maximum atomic E-state index is 11.5. The highest BCUT2D eigenvalue weighted by atomic mass is 35.5. The first-order valence-corrected chi connectivity index (χ1v) is 6.71. The van der Waals surface area contributed by atoms with Crippen LogP contribution >= 0.6 is 11.6 Å². The molecule has 1 aromatic heterocycles. The fraction of sp³-hybridized carbons (Fsp3) is 0.636. The van der Waals surface area contributed by atoms with Gasteiger partial charge in [-0.3, -0.25) is 4.79 Å². The maximum absolute atomic E-state index is 11.5. The first-order valence-electron chi connectivity index (χ1n) is 6.33. The zero-order valence-electron chi connectivity index (χ0n) is 10.8. The summed E-state index contributed by atoms with van der Waals surface area (Å²) >= 11 is 5.89. The standard InChI is InChI=1S/C11H17ClN6O/c1-2-14-10-15-9(12)16-11(17-10)18-6-4-3-5-7(18)8(13)19/h7H,2-6H2,1H3,(H2,13,19)(H,14,15,16,17). The quantitative estimate of drug-likeness (QED) is 0.849. The Bertz CT molecular complexity index is 468. The highest BCUT2D eigenvalue weighted by molar-refractivity contribution is 6.28. The van der Waals surface area contributed by atoms with Crippen molar-refractivity contribution in [3.63, 3.8) is 0 Å². The molecule has 104 valence electrons. The largest absolute Gasteiger partial charge is 0.368 e. The highest BCUT2D eigenvalue weighted by Gasteiger charge is 2.29. The average Bonchev–Trinajstić information content (AvgIpc) is 2.38. The number of rotatable bonds is 4. The van der Waals surface area contributed by atoms with Gasteiger partial charge in [-0.2, -0.15) is 15.0 Å². The molecule has 3 N–H and O–H groups in total. The molecule has 0 aromatic carbocycles. The predicted octanol–water partition coefficient (Wildman–Crippen LogP) is 0.801. The van der Waals surface area contributed by atoms with E-state index in [2.05, 4.69) is 20.3 Å². The van der Waals surface area contributed by atoms with E-state index in [4.69, 9.17) is 17.3 Å². The average molecular weight is 285 g/mol. The summed E-state index contributed by atoms with van der Waals surface area (Å²) in [5, 5.41) is 3.09. The molecule has 1 amide bonds. The second-order valence-electron chi connectivity index (χ2n) is 4.37. The molecule has 8 heteroatoms. The fourth-order valence-electron chi connectivity index (χ4n) is 2.17. The van der Waals surface area contributed by atoms with Gasteiger partial charge in [-0.05, 0) is 37.8 Å². The van der Waals surface area contributed by atoms with Crippen molar-refractivity contribution in [2.24, 2.45) is 5.73 Å². The van der Waals surface area contributed by atoms with Crippen LogP contribution in [-0.4, -0.2) is 40.0 Å². The maximum Gasteiger partial charge on any atom is 0.240 e. The summed E-state index contributed by atoms with van der Waals surface area (Å²) < 4.78 is 0. The van der Waals surface area contributed by atoms with Gasteiger partial charge >= 0.3 is 0 Å². The van der Waals surface area contributed by atoms with E-state index in [-0.39, 0.29) is 17.2 Å². The summed E-state index contributed by atoms with van der Waals surface area (Å²) in [6.07, 6.45) is 2.67. The van der Waals surface area contributed by atoms with Gasteiger partial charge in [-0.25, -0.2) is 0 Å². The molecule has 0 aliphatic carbocycles. The molecule has 1 atom stereocenters. The van der Waals surface area contributed by atoms with Crippen molar-refractivity contribution in [1.29, 1.82) is 0 Å². The summed E-state index contributed by atoms with van der Waals surface area (Å²) in [4.78, 5) is 25.7. The van der Waals surface area contributed by atoms with E-state index in [1.165, 1.54) is 0 Å². The Balaban J connectivity index is 2.30. The van der Waals surface area contributed by atoms with E-state index in [0.717, 1.165) is 19.3 Å².